The summed E-state index contributed by atoms with van der Waals surface area (Å²) in [4.78, 5) is 25.5. The lowest BCUT2D eigenvalue weighted by Gasteiger charge is -2.28. The van der Waals surface area contributed by atoms with Crippen LogP contribution in [-0.4, -0.2) is 52.2 Å². The van der Waals surface area contributed by atoms with Crippen molar-refractivity contribution >= 4 is 33.5 Å². The van der Waals surface area contributed by atoms with Gasteiger partial charge in [0.15, 0.2) is 0 Å². The van der Waals surface area contributed by atoms with Gasteiger partial charge in [0.2, 0.25) is 0 Å². The Bertz CT molecular complexity index is 801. The number of rotatable bonds is 2. The quantitative estimate of drug-likeness (QED) is 0.838. The van der Waals surface area contributed by atoms with Crippen molar-refractivity contribution in [2.75, 3.05) is 18.0 Å². The average molecular weight is 344 g/mol. The molecule has 0 radical (unpaired) electrons. The number of carbonyl (C=O) groups is 1. The number of anilines is 1. The van der Waals surface area contributed by atoms with E-state index in [0.717, 1.165) is 42.0 Å². The normalized spacial score (nSPS) is 27.3. The van der Waals surface area contributed by atoms with Gasteiger partial charge < -0.3 is 9.64 Å². The molecule has 2 atom stereocenters. The Morgan fingerprint density at radius 1 is 1.25 bits per heavy atom. The Balaban J connectivity index is 1.45. The minimum atomic E-state index is -0.114. The standard InChI is InChI=1S/C17H20N4O2S/c1-10-8-24-15-14(10)18-9-19-16(15)20-6-12-13(7-20)23-17(22)21(12)11-4-2-3-5-11/h8-9,11-13H,2-7H2,1H3/t12-,13+/m1/s1. The number of thiophene rings is 1. The van der Waals surface area contributed by atoms with Crippen LogP contribution in [0.2, 0.25) is 0 Å². The van der Waals surface area contributed by atoms with Crippen LogP contribution in [0.3, 0.4) is 0 Å². The molecule has 5 rings (SSSR count). The van der Waals surface area contributed by atoms with Gasteiger partial charge in [0.25, 0.3) is 0 Å². The molecule has 0 aromatic carbocycles. The molecule has 2 aliphatic heterocycles. The molecule has 2 saturated heterocycles. The lowest BCUT2D eigenvalue weighted by Crippen LogP contribution is -2.43. The number of nitrogens with zero attached hydrogens (tertiary/aromatic N) is 4. The van der Waals surface area contributed by atoms with E-state index in [1.807, 2.05) is 4.90 Å². The Kier molecular flexibility index (Phi) is 3.20. The summed E-state index contributed by atoms with van der Waals surface area (Å²) in [6, 6.07) is 0.522. The van der Waals surface area contributed by atoms with Crippen LogP contribution in [0.15, 0.2) is 11.7 Å². The Hall–Kier alpha value is -1.89. The first-order valence-electron chi connectivity index (χ1n) is 8.65. The topological polar surface area (TPSA) is 58.6 Å². The fraction of sp³-hybridized carbons (Fsp3) is 0.588. The largest absolute Gasteiger partial charge is 0.442 e. The molecule has 1 saturated carbocycles. The van der Waals surface area contributed by atoms with Gasteiger partial charge in [0.05, 0.1) is 22.8 Å². The summed E-state index contributed by atoms with van der Waals surface area (Å²) >= 11 is 1.69. The maximum atomic E-state index is 12.3. The minimum Gasteiger partial charge on any atom is -0.442 e. The number of fused-ring (bicyclic) bond motifs is 2. The van der Waals surface area contributed by atoms with Gasteiger partial charge in [-0.2, -0.15) is 0 Å². The summed E-state index contributed by atoms with van der Waals surface area (Å²) in [6.07, 6.45) is 6.15. The van der Waals surface area contributed by atoms with Crippen molar-refractivity contribution in [3.05, 3.63) is 17.3 Å². The van der Waals surface area contributed by atoms with E-state index in [0.29, 0.717) is 6.04 Å². The number of hydrogen-bond donors (Lipinski definition) is 0. The summed E-state index contributed by atoms with van der Waals surface area (Å²) in [5, 5.41) is 2.13. The van der Waals surface area contributed by atoms with Crippen LogP contribution < -0.4 is 4.90 Å². The third-order valence-corrected chi connectivity index (χ3v) is 6.67. The number of ether oxygens (including phenoxy) is 1. The van der Waals surface area contributed by atoms with Gasteiger partial charge in [-0.25, -0.2) is 14.8 Å². The number of aromatic nitrogens is 2. The van der Waals surface area contributed by atoms with Gasteiger partial charge in [-0.3, -0.25) is 4.90 Å². The fourth-order valence-corrected chi connectivity index (χ4v) is 5.44. The molecule has 2 aromatic heterocycles. The van der Waals surface area contributed by atoms with Crippen LogP contribution in [0, 0.1) is 6.92 Å². The Morgan fingerprint density at radius 3 is 2.92 bits per heavy atom. The summed E-state index contributed by atoms with van der Waals surface area (Å²) in [5.41, 5.74) is 2.23. The molecule has 0 bridgehead atoms. The molecule has 0 N–H and O–H groups in total. The van der Waals surface area contributed by atoms with Crippen molar-refractivity contribution in [2.45, 2.75) is 50.8 Å². The third kappa shape index (κ3) is 2.03. The molecular weight excluding hydrogens is 324 g/mol. The number of amides is 1. The van der Waals surface area contributed by atoms with Gasteiger partial charge in [-0.15, -0.1) is 11.3 Å². The highest BCUT2D eigenvalue weighted by Crippen LogP contribution is 2.38. The fourth-order valence-electron chi connectivity index (χ4n) is 4.42. The Labute approximate surface area is 144 Å². The number of aryl methyl sites for hydroxylation is 1. The highest BCUT2D eigenvalue weighted by Gasteiger charge is 2.50. The van der Waals surface area contributed by atoms with Crippen molar-refractivity contribution in [3.8, 4) is 0 Å². The molecule has 0 unspecified atom stereocenters. The molecule has 3 aliphatic rings. The molecule has 4 heterocycles. The SMILES string of the molecule is Cc1csc2c(N3C[C@@H]4OC(=O)N(C5CCCC5)[C@@H]4C3)ncnc12. The van der Waals surface area contributed by atoms with Gasteiger partial charge in [-0.1, -0.05) is 12.8 Å². The molecule has 1 aliphatic carbocycles. The summed E-state index contributed by atoms with van der Waals surface area (Å²) < 4.78 is 6.82. The van der Waals surface area contributed by atoms with Crippen LogP contribution in [0.4, 0.5) is 10.6 Å². The van der Waals surface area contributed by atoms with Crippen molar-refractivity contribution in [1.82, 2.24) is 14.9 Å². The molecule has 6 nitrogen and oxygen atoms in total. The van der Waals surface area contributed by atoms with Gasteiger partial charge >= 0.3 is 6.09 Å². The second kappa shape index (κ2) is 5.31. The molecule has 7 heteroatoms. The third-order valence-electron chi connectivity index (χ3n) is 5.59. The maximum absolute atomic E-state index is 12.3. The molecule has 126 valence electrons. The maximum Gasteiger partial charge on any atom is 0.410 e. The van der Waals surface area contributed by atoms with E-state index < -0.39 is 0 Å². The lowest BCUT2D eigenvalue weighted by atomic mass is 10.1. The van der Waals surface area contributed by atoms with Crippen LogP contribution in [0.1, 0.15) is 31.2 Å². The van der Waals surface area contributed by atoms with Crippen molar-refractivity contribution in [3.63, 3.8) is 0 Å². The predicted molar refractivity (Wildman–Crippen MR) is 92.5 cm³/mol. The van der Waals surface area contributed by atoms with E-state index in [4.69, 9.17) is 4.74 Å². The van der Waals surface area contributed by atoms with E-state index in [1.54, 1.807) is 17.7 Å². The zero-order valence-electron chi connectivity index (χ0n) is 13.6. The zero-order valence-corrected chi connectivity index (χ0v) is 14.5. The minimum absolute atomic E-state index is 0.0378. The van der Waals surface area contributed by atoms with Crippen LogP contribution in [0.5, 0.6) is 0 Å². The summed E-state index contributed by atoms with van der Waals surface area (Å²) in [7, 11) is 0. The van der Waals surface area contributed by atoms with E-state index in [-0.39, 0.29) is 18.2 Å². The van der Waals surface area contributed by atoms with Gasteiger partial charge in [0, 0.05) is 12.6 Å². The second-order valence-corrected chi connectivity index (χ2v) is 7.91. The molecule has 2 aromatic rings. The van der Waals surface area contributed by atoms with Crippen LogP contribution >= 0.6 is 11.3 Å². The first-order valence-corrected chi connectivity index (χ1v) is 9.53. The molecular formula is C17H20N4O2S. The van der Waals surface area contributed by atoms with Crippen molar-refractivity contribution in [1.29, 1.82) is 0 Å². The number of hydrogen-bond acceptors (Lipinski definition) is 6. The highest BCUT2D eigenvalue weighted by molar-refractivity contribution is 7.18. The van der Waals surface area contributed by atoms with E-state index >= 15 is 0 Å². The predicted octanol–water partition coefficient (Wildman–Crippen LogP) is 2.95. The first kappa shape index (κ1) is 14.5. The average Bonchev–Trinajstić information content (AvgIpc) is 3.32. The molecule has 24 heavy (non-hydrogen) atoms. The van der Waals surface area contributed by atoms with Crippen molar-refractivity contribution in [2.24, 2.45) is 0 Å². The Morgan fingerprint density at radius 2 is 2.08 bits per heavy atom. The number of carbonyl (C=O) groups excluding carboxylic acids is 1. The van der Waals surface area contributed by atoms with Crippen molar-refractivity contribution < 1.29 is 9.53 Å². The second-order valence-electron chi connectivity index (χ2n) is 7.03. The van der Waals surface area contributed by atoms with Gasteiger partial charge in [-0.05, 0) is 30.7 Å². The lowest BCUT2D eigenvalue weighted by molar-refractivity contribution is 0.130. The molecule has 1 amide bonds. The van der Waals surface area contributed by atoms with E-state index in [1.165, 1.54) is 18.4 Å². The smallest absolute Gasteiger partial charge is 0.410 e. The summed E-state index contributed by atoms with van der Waals surface area (Å²) in [6.45, 7) is 3.61. The van der Waals surface area contributed by atoms with Crippen LogP contribution in [-0.2, 0) is 4.74 Å². The molecule has 3 fully saturated rings. The highest BCUT2D eigenvalue weighted by atomic mass is 32.1. The van der Waals surface area contributed by atoms with Crippen LogP contribution in [0.25, 0.3) is 10.2 Å². The first-order chi connectivity index (χ1) is 11.7. The molecule has 0 spiro atoms. The van der Waals surface area contributed by atoms with Gasteiger partial charge in [0.1, 0.15) is 18.2 Å². The monoisotopic (exact) mass is 344 g/mol. The van der Waals surface area contributed by atoms with E-state index in [2.05, 4.69) is 27.2 Å². The van der Waals surface area contributed by atoms with E-state index in [9.17, 15) is 4.79 Å². The summed E-state index contributed by atoms with van der Waals surface area (Å²) in [5.74, 6) is 0.981. The zero-order chi connectivity index (χ0) is 16.3.